The Morgan fingerprint density at radius 2 is 1.21 bits per heavy atom. The van der Waals surface area contributed by atoms with E-state index in [0.717, 1.165) is 25.3 Å². The van der Waals surface area contributed by atoms with Gasteiger partial charge in [0, 0.05) is 11.7 Å². The highest BCUT2D eigenvalue weighted by Crippen LogP contribution is 2.35. The van der Waals surface area contributed by atoms with E-state index in [4.69, 9.17) is 9.16 Å². The molecule has 0 aromatic heterocycles. The van der Waals surface area contributed by atoms with Crippen molar-refractivity contribution in [3.05, 3.63) is 133 Å². The molecule has 1 unspecified atom stereocenters. The van der Waals surface area contributed by atoms with E-state index in [1.54, 1.807) is 6.92 Å². The first kappa shape index (κ1) is 27.1. The molecule has 1 heterocycles. The number of hydrogen-bond acceptors (Lipinski definition) is 3. The zero-order valence-corrected chi connectivity index (χ0v) is 24.6. The Kier molecular flexibility index (Phi) is 8.41. The minimum atomic E-state index is -2.84. The van der Waals surface area contributed by atoms with Crippen LogP contribution < -0.4 is 20.7 Å². The summed E-state index contributed by atoms with van der Waals surface area (Å²) in [6.45, 7) is 5.76. The summed E-state index contributed by atoms with van der Waals surface area (Å²) in [6.07, 6.45) is 2.70. The second-order valence-electron chi connectivity index (χ2n) is 10.4. The summed E-state index contributed by atoms with van der Waals surface area (Å²) in [5.41, 5.74) is 0.435. The largest absolute Gasteiger partial charge is 0.462 e. The van der Waals surface area contributed by atoms with E-state index in [-0.39, 0.29) is 12.1 Å². The van der Waals surface area contributed by atoms with Crippen LogP contribution in [0, 0.1) is 0 Å². The molecule has 1 aliphatic heterocycles. The minimum absolute atomic E-state index is 0.0914. The van der Waals surface area contributed by atoms with E-state index >= 15 is 0 Å². The van der Waals surface area contributed by atoms with Crippen molar-refractivity contribution < 1.29 is 14.0 Å². The number of rotatable bonds is 9. The topological polar surface area (TPSA) is 35.5 Å². The van der Waals surface area contributed by atoms with Gasteiger partial charge in [0.2, 0.25) is 0 Å². The summed E-state index contributed by atoms with van der Waals surface area (Å²) in [5, 5.41) is 5.52. The van der Waals surface area contributed by atoms with Crippen LogP contribution in [0.2, 0.25) is 6.04 Å². The summed E-state index contributed by atoms with van der Waals surface area (Å²) < 4.78 is 13.1. The third-order valence-electron chi connectivity index (χ3n) is 7.93. The fourth-order valence-corrected chi connectivity index (χ4v) is 24.4. The second kappa shape index (κ2) is 12.1. The van der Waals surface area contributed by atoms with Crippen LogP contribution in [0.5, 0.6) is 0 Å². The predicted octanol–water partition coefficient (Wildman–Crippen LogP) is 4.78. The van der Waals surface area contributed by atoms with Crippen molar-refractivity contribution >= 4 is 42.1 Å². The maximum Gasteiger partial charge on any atom is 0.333 e. The van der Waals surface area contributed by atoms with Gasteiger partial charge in [-0.25, -0.2) is 4.79 Å². The Hall–Kier alpha value is -3.52. The Labute approximate surface area is 234 Å². The van der Waals surface area contributed by atoms with Gasteiger partial charge >= 0.3 is 5.97 Å². The Balaban J connectivity index is 1.67. The standard InChI is InChI=1S/C34H36O3Si2/c1-28(2)34(35)36-26-15-16-29-25-27-38(30-17-7-3-8-18-30,31-19-9-4-10-20-31)39(37-29,32-21-11-5-12-22-32)33-23-13-6-14-24-33/h3-14,17-24,29H,1,15-16,25-27H2,2H3. The highest BCUT2D eigenvalue weighted by molar-refractivity contribution is 7.57. The molecule has 1 atom stereocenters. The molecule has 0 spiro atoms. The normalized spacial score (nSPS) is 17.7. The quantitative estimate of drug-likeness (QED) is 0.131. The minimum Gasteiger partial charge on any atom is -0.462 e. The number of ether oxygens (including phenoxy) is 1. The smallest absolute Gasteiger partial charge is 0.333 e. The van der Waals surface area contributed by atoms with Crippen LogP contribution in [0.1, 0.15) is 26.2 Å². The number of carbonyl (C=O) groups is 1. The lowest BCUT2D eigenvalue weighted by Crippen LogP contribution is -2.88. The molecule has 0 aliphatic carbocycles. The maximum absolute atomic E-state index is 11.9. The average Bonchev–Trinajstić information content (AvgIpc) is 3.00. The molecule has 5 heteroatoms. The van der Waals surface area contributed by atoms with Crippen LogP contribution in [0.25, 0.3) is 0 Å². The molecule has 39 heavy (non-hydrogen) atoms. The highest BCUT2D eigenvalue weighted by Gasteiger charge is 2.64. The van der Waals surface area contributed by atoms with Crippen LogP contribution in [-0.2, 0) is 14.0 Å². The molecule has 0 radical (unpaired) electrons. The van der Waals surface area contributed by atoms with Crippen molar-refractivity contribution in [2.45, 2.75) is 38.3 Å². The van der Waals surface area contributed by atoms with Gasteiger partial charge < -0.3 is 9.16 Å². The Morgan fingerprint density at radius 3 is 1.64 bits per heavy atom. The molecule has 4 aromatic rings. The molecular weight excluding hydrogens is 513 g/mol. The number of esters is 1. The van der Waals surface area contributed by atoms with Gasteiger partial charge in [-0.1, -0.05) is 138 Å². The summed E-state index contributed by atoms with van der Waals surface area (Å²) in [7, 11) is -5.34. The third kappa shape index (κ3) is 5.22. The predicted molar refractivity (Wildman–Crippen MR) is 165 cm³/mol. The summed E-state index contributed by atoms with van der Waals surface area (Å²) in [6, 6.07) is 45.5. The SMILES string of the molecule is C=C(C)C(=O)OCCCC1CC[Si](c2ccccc2)(c2ccccc2)[Si](c2ccccc2)(c2ccccc2)O1. The lowest BCUT2D eigenvalue weighted by atomic mass is 10.1. The first-order valence-electron chi connectivity index (χ1n) is 13.8. The van der Waals surface area contributed by atoms with Gasteiger partial charge in [0.25, 0.3) is 7.83 Å². The molecule has 3 nitrogen and oxygen atoms in total. The van der Waals surface area contributed by atoms with Gasteiger partial charge in [-0.05, 0) is 42.6 Å². The molecule has 4 aromatic carbocycles. The molecule has 0 amide bonds. The molecule has 1 aliphatic rings. The van der Waals surface area contributed by atoms with Gasteiger partial charge in [0.15, 0.2) is 7.59 Å². The molecule has 1 saturated heterocycles. The van der Waals surface area contributed by atoms with Crippen molar-refractivity contribution in [2.75, 3.05) is 6.61 Å². The van der Waals surface area contributed by atoms with E-state index in [1.807, 2.05) is 0 Å². The van der Waals surface area contributed by atoms with Crippen molar-refractivity contribution in [1.82, 2.24) is 0 Å². The van der Waals surface area contributed by atoms with E-state index in [1.165, 1.54) is 20.7 Å². The molecule has 0 saturated carbocycles. The van der Waals surface area contributed by atoms with E-state index in [0.29, 0.717) is 12.2 Å². The second-order valence-corrected chi connectivity index (χ2v) is 21.3. The van der Waals surface area contributed by atoms with Crippen LogP contribution in [0.15, 0.2) is 133 Å². The molecule has 5 rings (SSSR count). The Morgan fingerprint density at radius 1 is 0.769 bits per heavy atom. The van der Waals surface area contributed by atoms with Crippen LogP contribution in [0.3, 0.4) is 0 Å². The van der Waals surface area contributed by atoms with Crippen molar-refractivity contribution in [3.63, 3.8) is 0 Å². The highest BCUT2D eigenvalue weighted by atomic mass is 29.3. The third-order valence-corrected chi connectivity index (χ3v) is 24.0. The fraction of sp³-hybridized carbons (Fsp3) is 0.206. The first-order chi connectivity index (χ1) is 19.1. The van der Waals surface area contributed by atoms with Gasteiger partial charge in [0.05, 0.1) is 6.61 Å². The summed E-state index contributed by atoms with van der Waals surface area (Å²) in [4.78, 5) is 11.9. The summed E-state index contributed by atoms with van der Waals surface area (Å²) >= 11 is 0. The zero-order chi connectivity index (χ0) is 27.1. The van der Waals surface area contributed by atoms with Gasteiger partial charge in [-0.15, -0.1) is 0 Å². The summed E-state index contributed by atoms with van der Waals surface area (Å²) in [5.74, 6) is -0.323. The fourth-order valence-electron chi connectivity index (χ4n) is 6.21. The van der Waals surface area contributed by atoms with Crippen LogP contribution in [-0.4, -0.2) is 34.1 Å². The van der Waals surface area contributed by atoms with Crippen LogP contribution >= 0.6 is 0 Å². The van der Waals surface area contributed by atoms with Crippen molar-refractivity contribution in [3.8, 4) is 0 Å². The van der Waals surface area contributed by atoms with E-state index < -0.39 is 15.4 Å². The van der Waals surface area contributed by atoms with Crippen molar-refractivity contribution in [2.24, 2.45) is 0 Å². The lowest BCUT2D eigenvalue weighted by Gasteiger charge is -2.53. The first-order valence-corrected chi connectivity index (χ1v) is 18.9. The maximum atomic E-state index is 11.9. The monoisotopic (exact) mass is 548 g/mol. The molecule has 0 bridgehead atoms. The molecular formula is C34H36O3Si2. The average molecular weight is 549 g/mol. The Bertz CT molecular complexity index is 1300. The number of carbonyl (C=O) groups excluding carboxylic acids is 1. The lowest BCUT2D eigenvalue weighted by molar-refractivity contribution is -0.139. The zero-order valence-electron chi connectivity index (χ0n) is 22.6. The molecule has 0 N–H and O–H groups in total. The van der Waals surface area contributed by atoms with Crippen LogP contribution in [0.4, 0.5) is 0 Å². The van der Waals surface area contributed by atoms with Gasteiger partial charge in [-0.3, -0.25) is 0 Å². The van der Waals surface area contributed by atoms with E-state index in [2.05, 4.69) is 128 Å². The van der Waals surface area contributed by atoms with Crippen molar-refractivity contribution in [1.29, 1.82) is 0 Å². The number of benzene rings is 4. The van der Waals surface area contributed by atoms with Gasteiger partial charge in [-0.2, -0.15) is 0 Å². The molecule has 198 valence electrons. The van der Waals surface area contributed by atoms with Gasteiger partial charge in [0.1, 0.15) is 0 Å². The molecule has 1 fully saturated rings. The number of hydrogen-bond donors (Lipinski definition) is 0. The van der Waals surface area contributed by atoms with E-state index in [9.17, 15) is 4.79 Å².